The van der Waals surface area contributed by atoms with Gasteiger partial charge < -0.3 is 14.6 Å². The topological polar surface area (TPSA) is 86.0 Å². The van der Waals surface area contributed by atoms with E-state index in [2.05, 4.69) is 31.5 Å². The maximum absolute atomic E-state index is 5.17. The fourth-order valence-electron chi connectivity index (χ4n) is 2.06. The molecule has 3 rings (SSSR count). The molecule has 0 atom stereocenters. The molecule has 3 aromatic rings. The zero-order valence-corrected chi connectivity index (χ0v) is 12.8. The second-order valence-corrected chi connectivity index (χ2v) is 4.92. The predicted octanol–water partition coefficient (Wildman–Crippen LogP) is 2.33. The molecular formula is C16H17N5O2. The van der Waals surface area contributed by atoms with E-state index in [4.69, 9.17) is 9.26 Å². The van der Waals surface area contributed by atoms with E-state index >= 15 is 0 Å². The van der Waals surface area contributed by atoms with Crippen LogP contribution in [0.5, 0.6) is 0 Å². The first-order valence-electron chi connectivity index (χ1n) is 7.26. The second-order valence-electron chi connectivity index (χ2n) is 4.92. The van der Waals surface area contributed by atoms with Gasteiger partial charge in [-0.3, -0.25) is 4.98 Å². The highest BCUT2D eigenvalue weighted by atomic mass is 16.5. The highest BCUT2D eigenvalue weighted by molar-refractivity contribution is 5.54. The molecule has 7 nitrogen and oxygen atoms in total. The van der Waals surface area contributed by atoms with Crippen molar-refractivity contribution in [1.82, 2.24) is 20.1 Å². The summed E-state index contributed by atoms with van der Waals surface area (Å²) in [6, 6.07) is 7.77. The third kappa shape index (κ3) is 4.10. The molecule has 0 aromatic carbocycles. The van der Waals surface area contributed by atoms with Gasteiger partial charge in [0, 0.05) is 32.2 Å². The van der Waals surface area contributed by atoms with E-state index in [1.807, 2.05) is 24.4 Å². The molecule has 1 N–H and O–H groups in total. The van der Waals surface area contributed by atoms with Crippen LogP contribution in [0.15, 0.2) is 47.4 Å². The predicted molar refractivity (Wildman–Crippen MR) is 84.7 cm³/mol. The van der Waals surface area contributed by atoms with Gasteiger partial charge in [-0.1, -0.05) is 11.2 Å². The maximum atomic E-state index is 5.17. The molecule has 118 valence electrons. The van der Waals surface area contributed by atoms with Crippen molar-refractivity contribution in [2.24, 2.45) is 0 Å². The Morgan fingerprint density at radius 3 is 2.91 bits per heavy atom. The number of hydrogen-bond donors (Lipinski definition) is 1. The number of methoxy groups -OCH3 is 1. The third-order valence-corrected chi connectivity index (χ3v) is 3.19. The molecule has 0 amide bonds. The summed E-state index contributed by atoms with van der Waals surface area (Å²) in [5.74, 6) is 1.75. The SMILES string of the molecule is COCc1noc(-c2ccc(NCCc3cccnc3)nc2)n1. The van der Waals surface area contributed by atoms with Crippen LogP contribution in [0.2, 0.25) is 0 Å². The van der Waals surface area contributed by atoms with Crippen molar-refractivity contribution in [2.75, 3.05) is 19.0 Å². The Hall–Kier alpha value is -2.80. The average molecular weight is 311 g/mol. The van der Waals surface area contributed by atoms with Crippen LogP contribution < -0.4 is 5.32 Å². The second kappa shape index (κ2) is 7.46. The van der Waals surface area contributed by atoms with Crippen molar-refractivity contribution >= 4 is 5.82 Å². The van der Waals surface area contributed by atoms with E-state index in [9.17, 15) is 0 Å². The fourth-order valence-corrected chi connectivity index (χ4v) is 2.06. The molecule has 3 aromatic heterocycles. The smallest absolute Gasteiger partial charge is 0.259 e. The fraction of sp³-hybridized carbons (Fsp3) is 0.250. The van der Waals surface area contributed by atoms with E-state index in [0.717, 1.165) is 24.3 Å². The van der Waals surface area contributed by atoms with Gasteiger partial charge in [0.2, 0.25) is 0 Å². The largest absolute Gasteiger partial charge is 0.377 e. The van der Waals surface area contributed by atoms with Crippen molar-refractivity contribution in [1.29, 1.82) is 0 Å². The van der Waals surface area contributed by atoms with E-state index in [-0.39, 0.29) is 0 Å². The standard InChI is InChI=1S/C16H17N5O2/c1-22-11-15-20-16(23-21-15)13-4-5-14(19-10-13)18-8-6-12-3-2-7-17-9-12/h2-5,7,9-10H,6,8,11H2,1H3,(H,18,19). The lowest BCUT2D eigenvalue weighted by molar-refractivity contribution is 0.174. The van der Waals surface area contributed by atoms with Gasteiger partial charge in [-0.25, -0.2) is 4.98 Å². The van der Waals surface area contributed by atoms with Gasteiger partial charge in [0.15, 0.2) is 5.82 Å². The minimum Gasteiger partial charge on any atom is -0.377 e. The summed E-state index contributed by atoms with van der Waals surface area (Å²) in [4.78, 5) is 12.7. The first-order chi connectivity index (χ1) is 11.3. The number of pyridine rings is 2. The lowest BCUT2D eigenvalue weighted by atomic mass is 10.2. The molecule has 0 aliphatic rings. The van der Waals surface area contributed by atoms with Crippen LogP contribution in [0.1, 0.15) is 11.4 Å². The molecule has 0 saturated carbocycles. The molecule has 0 aliphatic carbocycles. The first-order valence-corrected chi connectivity index (χ1v) is 7.26. The van der Waals surface area contributed by atoms with Crippen LogP contribution in [0.25, 0.3) is 11.5 Å². The third-order valence-electron chi connectivity index (χ3n) is 3.19. The molecule has 0 unspecified atom stereocenters. The van der Waals surface area contributed by atoms with Gasteiger partial charge in [0.05, 0.1) is 5.56 Å². The van der Waals surface area contributed by atoms with Crippen LogP contribution in [0.3, 0.4) is 0 Å². The summed E-state index contributed by atoms with van der Waals surface area (Å²) < 4.78 is 10.1. The molecule has 0 aliphatic heterocycles. The number of nitrogens with one attached hydrogen (secondary N) is 1. The minimum atomic E-state index is 0.324. The Morgan fingerprint density at radius 1 is 1.22 bits per heavy atom. The van der Waals surface area contributed by atoms with Gasteiger partial charge in [-0.05, 0) is 30.2 Å². The number of aromatic nitrogens is 4. The maximum Gasteiger partial charge on any atom is 0.259 e. The van der Waals surface area contributed by atoms with Crippen molar-refractivity contribution in [2.45, 2.75) is 13.0 Å². The van der Waals surface area contributed by atoms with Crippen LogP contribution in [-0.2, 0) is 17.8 Å². The van der Waals surface area contributed by atoms with Crippen molar-refractivity contribution in [3.05, 3.63) is 54.2 Å². The summed E-state index contributed by atoms with van der Waals surface area (Å²) in [7, 11) is 1.59. The summed E-state index contributed by atoms with van der Waals surface area (Å²) in [6.45, 7) is 1.11. The summed E-state index contributed by atoms with van der Waals surface area (Å²) in [6.07, 6.45) is 6.23. The molecule has 0 bridgehead atoms. The molecule has 0 fully saturated rings. The van der Waals surface area contributed by atoms with Crippen molar-refractivity contribution in [3.8, 4) is 11.5 Å². The van der Waals surface area contributed by atoms with Crippen LogP contribution >= 0.6 is 0 Å². The normalized spacial score (nSPS) is 10.7. The number of hydrogen-bond acceptors (Lipinski definition) is 7. The van der Waals surface area contributed by atoms with E-state index in [1.54, 1.807) is 19.5 Å². The Labute approximate surface area is 133 Å². The van der Waals surface area contributed by atoms with Gasteiger partial charge in [-0.2, -0.15) is 4.98 Å². The number of ether oxygens (including phenoxy) is 1. The Morgan fingerprint density at radius 2 is 2.17 bits per heavy atom. The average Bonchev–Trinajstić information content (AvgIpc) is 3.06. The zero-order valence-electron chi connectivity index (χ0n) is 12.8. The molecule has 3 heterocycles. The molecule has 0 spiro atoms. The van der Waals surface area contributed by atoms with E-state index < -0.39 is 0 Å². The quantitative estimate of drug-likeness (QED) is 0.716. The molecule has 7 heteroatoms. The van der Waals surface area contributed by atoms with Crippen molar-refractivity contribution in [3.63, 3.8) is 0 Å². The Kier molecular flexibility index (Phi) is 4.90. The highest BCUT2D eigenvalue weighted by Crippen LogP contribution is 2.17. The highest BCUT2D eigenvalue weighted by Gasteiger charge is 2.08. The number of nitrogens with zero attached hydrogens (tertiary/aromatic N) is 4. The monoisotopic (exact) mass is 311 g/mol. The minimum absolute atomic E-state index is 0.324. The van der Waals surface area contributed by atoms with E-state index in [0.29, 0.717) is 18.3 Å². The van der Waals surface area contributed by atoms with Gasteiger partial charge >= 0.3 is 0 Å². The number of rotatable bonds is 7. The lowest BCUT2D eigenvalue weighted by Crippen LogP contribution is -2.06. The van der Waals surface area contributed by atoms with E-state index in [1.165, 1.54) is 5.56 Å². The van der Waals surface area contributed by atoms with Crippen LogP contribution in [0.4, 0.5) is 5.82 Å². The lowest BCUT2D eigenvalue weighted by Gasteiger charge is -2.05. The van der Waals surface area contributed by atoms with Crippen LogP contribution in [-0.4, -0.2) is 33.8 Å². The summed E-state index contributed by atoms with van der Waals surface area (Å²) >= 11 is 0. The van der Waals surface area contributed by atoms with Gasteiger partial charge in [-0.15, -0.1) is 0 Å². The number of anilines is 1. The Balaban J connectivity index is 1.56. The van der Waals surface area contributed by atoms with Crippen molar-refractivity contribution < 1.29 is 9.26 Å². The zero-order chi connectivity index (χ0) is 15.9. The molecule has 0 saturated heterocycles. The molecule has 0 radical (unpaired) electrons. The first kappa shape index (κ1) is 15.1. The molecular weight excluding hydrogens is 294 g/mol. The summed E-state index contributed by atoms with van der Waals surface area (Å²) in [5, 5.41) is 7.10. The Bertz CT molecular complexity index is 728. The van der Waals surface area contributed by atoms with Crippen LogP contribution in [0, 0.1) is 0 Å². The molecule has 23 heavy (non-hydrogen) atoms. The summed E-state index contributed by atoms with van der Waals surface area (Å²) in [5.41, 5.74) is 1.96. The van der Waals surface area contributed by atoms with Gasteiger partial charge in [0.1, 0.15) is 12.4 Å². The van der Waals surface area contributed by atoms with Gasteiger partial charge in [0.25, 0.3) is 5.89 Å².